The number of nitrogens with zero attached hydrogens (tertiary/aromatic N) is 2. The first-order valence-corrected chi connectivity index (χ1v) is 10.9. The van der Waals surface area contributed by atoms with E-state index in [2.05, 4.69) is 54.8 Å². The van der Waals surface area contributed by atoms with Crippen LogP contribution in [0.15, 0.2) is 41.2 Å². The fraction of sp³-hybridized carbons (Fsp3) is 0.320. The Hall–Kier alpha value is -3.48. The topological polar surface area (TPSA) is 76.0 Å². The molecule has 0 radical (unpaired) electrons. The number of halogens is 1. The predicted octanol–water partition coefficient (Wildman–Crippen LogP) is 4.15. The van der Waals surface area contributed by atoms with E-state index in [4.69, 9.17) is 4.98 Å². The van der Waals surface area contributed by atoms with Crippen LogP contribution < -0.4 is 16.2 Å². The summed E-state index contributed by atoms with van der Waals surface area (Å²) < 4.78 is 16.2. The van der Waals surface area contributed by atoms with E-state index >= 15 is 0 Å². The van der Waals surface area contributed by atoms with E-state index in [9.17, 15) is 14.0 Å². The highest BCUT2D eigenvalue weighted by Crippen LogP contribution is 2.29. The molecule has 1 aliphatic heterocycles. The standard InChI is InChI=1S/C25H27FN4O2/c1-15(2)18-6-4-17(5-7-18)12-19-8-11-30-24(19)29-22-14-23(28-10-9-27-16(3)31)21(26)13-20(22)25(30)32/h4-7,12-15,28H,8-11H2,1-3H3,(H,27,31)/b19-12+. The summed E-state index contributed by atoms with van der Waals surface area (Å²) in [4.78, 5) is 28.7. The smallest absolute Gasteiger partial charge is 0.261 e. The van der Waals surface area contributed by atoms with E-state index in [1.807, 2.05) is 0 Å². The van der Waals surface area contributed by atoms with E-state index in [-0.39, 0.29) is 22.5 Å². The van der Waals surface area contributed by atoms with Gasteiger partial charge in [0.1, 0.15) is 11.6 Å². The Morgan fingerprint density at radius 3 is 2.66 bits per heavy atom. The Morgan fingerprint density at radius 2 is 1.97 bits per heavy atom. The highest BCUT2D eigenvalue weighted by Gasteiger charge is 2.22. The van der Waals surface area contributed by atoms with Gasteiger partial charge in [-0.2, -0.15) is 0 Å². The molecule has 2 N–H and O–H groups in total. The molecule has 166 valence electrons. The molecule has 0 saturated carbocycles. The van der Waals surface area contributed by atoms with E-state index in [0.29, 0.717) is 43.3 Å². The third kappa shape index (κ3) is 4.42. The van der Waals surface area contributed by atoms with Gasteiger partial charge in [0.2, 0.25) is 5.91 Å². The largest absolute Gasteiger partial charge is 0.381 e. The van der Waals surface area contributed by atoms with Crippen molar-refractivity contribution in [3.05, 3.63) is 69.5 Å². The van der Waals surface area contributed by atoms with Crippen LogP contribution in [-0.2, 0) is 11.3 Å². The molecule has 3 aromatic rings. The average Bonchev–Trinajstić information content (AvgIpc) is 3.15. The van der Waals surface area contributed by atoms with E-state index in [0.717, 1.165) is 11.1 Å². The summed E-state index contributed by atoms with van der Waals surface area (Å²) in [7, 11) is 0. The van der Waals surface area contributed by atoms with Gasteiger partial charge in [0.05, 0.1) is 16.6 Å². The van der Waals surface area contributed by atoms with Gasteiger partial charge in [0.25, 0.3) is 5.56 Å². The highest BCUT2D eigenvalue weighted by atomic mass is 19.1. The molecule has 0 bridgehead atoms. The number of allylic oxidation sites excluding steroid dienone is 1. The van der Waals surface area contributed by atoms with Crippen molar-refractivity contribution in [2.24, 2.45) is 0 Å². The maximum atomic E-state index is 14.6. The molecule has 32 heavy (non-hydrogen) atoms. The van der Waals surface area contributed by atoms with Crippen LogP contribution in [0.3, 0.4) is 0 Å². The van der Waals surface area contributed by atoms with E-state index < -0.39 is 5.82 Å². The van der Waals surface area contributed by atoms with Crippen molar-refractivity contribution in [3.8, 4) is 0 Å². The number of carbonyl (C=O) groups excluding carboxylic acids is 1. The maximum absolute atomic E-state index is 14.6. The Bertz CT molecular complexity index is 1260. The average molecular weight is 435 g/mol. The molecular formula is C25H27FN4O2. The molecule has 1 aliphatic rings. The van der Waals surface area contributed by atoms with Crippen molar-refractivity contribution in [3.63, 3.8) is 0 Å². The minimum absolute atomic E-state index is 0.144. The van der Waals surface area contributed by atoms with Crippen molar-refractivity contribution in [2.75, 3.05) is 18.4 Å². The van der Waals surface area contributed by atoms with Gasteiger partial charge in [0, 0.05) is 26.6 Å². The summed E-state index contributed by atoms with van der Waals surface area (Å²) >= 11 is 0. The van der Waals surface area contributed by atoms with Gasteiger partial charge < -0.3 is 10.6 Å². The molecular weight excluding hydrogens is 407 g/mol. The zero-order valence-corrected chi connectivity index (χ0v) is 18.5. The molecule has 7 heteroatoms. The summed E-state index contributed by atoms with van der Waals surface area (Å²) in [5, 5.41) is 5.88. The van der Waals surface area contributed by atoms with Crippen molar-refractivity contribution < 1.29 is 9.18 Å². The third-order valence-electron chi connectivity index (χ3n) is 5.69. The fourth-order valence-corrected chi connectivity index (χ4v) is 3.92. The van der Waals surface area contributed by atoms with Crippen molar-refractivity contribution in [1.29, 1.82) is 0 Å². The van der Waals surface area contributed by atoms with Crippen molar-refractivity contribution in [1.82, 2.24) is 14.9 Å². The number of nitrogens with one attached hydrogen (secondary N) is 2. The molecule has 0 spiro atoms. The SMILES string of the molecule is CC(=O)NCCNc1cc2nc3n(c(=O)c2cc1F)CC/C3=C\c1ccc(C(C)C)cc1. The number of hydrogen-bond donors (Lipinski definition) is 2. The lowest BCUT2D eigenvalue weighted by atomic mass is 10.0. The lowest BCUT2D eigenvalue weighted by molar-refractivity contribution is -0.118. The van der Waals surface area contributed by atoms with Gasteiger partial charge >= 0.3 is 0 Å². The molecule has 0 saturated heterocycles. The molecule has 0 unspecified atom stereocenters. The summed E-state index contributed by atoms with van der Waals surface area (Å²) in [5.41, 5.74) is 3.81. The Labute approximate surface area is 186 Å². The van der Waals surface area contributed by atoms with E-state index in [1.165, 1.54) is 18.6 Å². The number of anilines is 1. The normalized spacial score (nSPS) is 14.2. The monoisotopic (exact) mass is 434 g/mol. The van der Waals surface area contributed by atoms with Gasteiger partial charge in [-0.25, -0.2) is 9.37 Å². The van der Waals surface area contributed by atoms with Crippen LogP contribution in [0, 0.1) is 5.82 Å². The molecule has 1 amide bonds. The first-order chi connectivity index (χ1) is 15.3. The number of fused-ring (bicyclic) bond motifs is 2. The lowest BCUT2D eigenvalue weighted by Gasteiger charge is -2.11. The van der Waals surface area contributed by atoms with Crippen LogP contribution in [0.2, 0.25) is 0 Å². The number of aromatic nitrogens is 2. The maximum Gasteiger partial charge on any atom is 0.261 e. The first kappa shape index (κ1) is 21.7. The molecule has 2 heterocycles. The van der Waals surface area contributed by atoms with Crippen molar-refractivity contribution in [2.45, 2.75) is 39.7 Å². The minimum atomic E-state index is -0.515. The number of carbonyl (C=O) groups is 1. The summed E-state index contributed by atoms with van der Waals surface area (Å²) in [6, 6.07) is 11.2. The van der Waals surface area contributed by atoms with Crippen LogP contribution in [0.1, 0.15) is 50.1 Å². The Morgan fingerprint density at radius 1 is 1.22 bits per heavy atom. The Kier molecular flexibility index (Phi) is 6.08. The zero-order chi connectivity index (χ0) is 22.8. The predicted molar refractivity (Wildman–Crippen MR) is 126 cm³/mol. The second-order valence-corrected chi connectivity index (χ2v) is 8.39. The molecule has 6 nitrogen and oxygen atoms in total. The van der Waals surface area contributed by atoms with Crippen LogP contribution in [0.4, 0.5) is 10.1 Å². The first-order valence-electron chi connectivity index (χ1n) is 10.9. The quantitative estimate of drug-likeness (QED) is 0.572. The number of hydrogen-bond acceptors (Lipinski definition) is 4. The van der Waals surface area contributed by atoms with Gasteiger partial charge in [-0.15, -0.1) is 0 Å². The van der Waals surface area contributed by atoms with Gasteiger partial charge in [0.15, 0.2) is 0 Å². The van der Waals surface area contributed by atoms with Crippen molar-refractivity contribution >= 4 is 34.1 Å². The van der Waals surface area contributed by atoms with Crippen LogP contribution >= 0.6 is 0 Å². The van der Waals surface area contributed by atoms with Crippen LogP contribution in [0.25, 0.3) is 22.6 Å². The molecule has 2 aromatic carbocycles. The van der Waals surface area contributed by atoms with E-state index in [1.54, 1.807) is 10.6 Å². The molecule has 0 aliphatic carbocycles. The molecule has 4 rings (SSSR count). The second-order valence-electron chi connectivity index (χ2n) is 8.39. The number of rotatable bonds is 6. The van der Waals surface area contributed by atoms with Gasteiger partial charge in [-0.1, -0.05) is 38.1 Å². The Balaban J connectivity index is 1.67. The van der Waals surface area contributed by atoms with Gasteiger partial charge in [-0.3, -0.25) is 14.2 Å². The second kappa shape index (κ2) is 8.94. The summed E-state index contributed by atoms with van der Waals surface area (Å²) in [6.07, 6.45) is 2.77. The lowest BCUT2D eigenvalue weighted by Crippen LogP contribution is -2.26. The highest BCUT2D eigenvalue weighted by molar-refractivity contribution is 5.86. The minimum Gasteiger partial charge on any atom is -0.381 e. The van der Waals surface area contributed by atoms with Crippen LogP contribution in [-0.4, -0.2) is 28.5 Å². The van der Waals surface area contributed by atoms with Crippen LogP contribution in [0.5, 0.6) is 0 Å². The van der Waals surface area contributed by atoms with Gasteiger partial charge in [-0.05, 0) is 47.2 Å². The molecule has 0 fully saturated rings. The zero-order valence-electron chi connectivity index (χ0n) is 18.5. The number of amides is 1. The summed E-state index contributed by atoms with van der Waals surface area (Å²) in [6.45, 7) is 7.02. The molecule has 1 aromatic heterocycles. The number of benzene rings is 2. The molecule has 0 atom stereocenters. The third-order valence-corrected chi connectivity index (χ3v) is 5.69. The fourth-order valence-electron chi connectivity index (χ4n) is 3.92. The summed E-state index contributed by atoms with van der Waals surface area (Å²) in [5.74, 6) is 0.441.